The molecule has 0 spiro atoms. The zero-order chi connectivity index (χ0) is 19.5. The van der Waals surface area contributed by atoms with Gasteiger partial charge in [0, 0.05) is 39.1 Å². The molecule has 1 aromatic rings. The maximum atomic E-state index is 12.1. The second-order valence-electron chi connectivity index (χ2n) is 6.89. The van der Waals surface area contributed by atoms with Gasteiger partial charge in [0.05, 0.1) is 0 Å². The van der Waals surface area contributed by atoms with E-state index >= 15 is 0 Å². The summed E-state index contributed by atoms with van der Waals surface area (Å²) in [5, 5.41) is 6.39. The summed E-state index contributed by atoms with van der Waals surface area (Å²) in [6.07, 6.45) is 6.53. The van der Waals surface area contributed by atoms with E-state index in [0.717, 1.165) is 25.4 Å². The fourth-order valence-electron chi connectivity index (χ4n) is 2.97. The van der Waals surface area contributed by atoms with Crippen LogP contribution in [0.5, 0.6) is 0 Å². The lowest BCUT2D eigenvalue weighted by Gasteiger charge is -2.30. The largest absolute Gasteiger partial charge is 0.356 e. The third-order valence-corrected chi connectivity index (χ3v) is 6.14. The Hall–Kier alpha value is -0.980. The molecule has 1 fully saturated rings. The SMILES string of the molecule is CN=C(NCCCN1CCC(C)CC1)NCCNS(=O)(=O)c1cccnc1.I. The number of aromatic nitrogens is 1. The van der Waals surface area contributed by atoms with Gasteiger partial charge in [-0.2, -0.15) is 0 Å². The van der Waals surface area contributed by atoms with Crippen LogP contribution in [-0.2, 0) is 10.0 Å². The molecule has 3 N–H and O–H groups in total. The summed E-state index contributed by atoms with van der Waals surface area (Å²) in [7, 11) is -1.81. The summed E-state index contributed by atoms with van der Waals surface area (Å²) < 4.78 is 26.7. The molecule has 0 saturated carbocycles. The molecule has 0 bridgehead atoms. The Bertz CT molecular complexity index is 679. The van der Waals surface area contributed by atoms with Crippen molar-refractivity contribution in [3.05, 3.63) is 24.5 Å². The Morgan fingerprint density at radius 3 is 2.61 bits per heavy atom. The Labute approximate surface area is 186 Å². The first-order valence-corrected chi connectivity index (χ1v) is 11.1. The topological polar surface area (TPSA) is 98.7 Å². The van der Waals surface area contributed by atoms with Gasteiger partial charge < -0.3 is 15.5 Å². The van der Waals surface area contributed by atoms with Gasteiger partial charge in [0.1, 0.15) is 4.90 Å². The molecule has 2 heterocycles. The molecule has 10 heteroatoms. The molecule has 0 aromatic carbocycles. The molecular weight excluding hydrogens is 491 g/mol. The van der Waals surface area contributed by atoms with Crippen molar-refractivity contribution in [1.82, 2.24) is 25.2 Å². The Morgan fingerprint density at radius 1 is 1.25 bits per heavy atom. The molecule has 0 aliphatic carbocycles. The Kier molecular flexibility index (Phi) is 11.9. The van der Waals surface area contributed by atoms with Crippen molar-refractivity contribution in [1.29, 1.82) is 0 Å². The van der Waals surface area contributed by atoms with Crippen LogP contribution in [0.1, 0.15) is 26.2 Å². The highest BCUT2D eigenvalue weighted by atomic mass is 127. The van der Waals surface area contributed by atoms with Crippen LogP contribution >= 0.6 is 24.0 Å². The summed E-state index contributed by atoms with van der Waals surface area (Å²) in [6.45, 7) is 7.38. The van der Waals surface area contributed by atoms with Crippen LogP contribution in [0.25, 0.3) is 0 Å². The first-order valence-electron chi connectivity index (χ1n) is 9.58. The van der Waals surface area contributed by atoms with E-state index in [1.54, 1.807) is 19.3 Å². The number of nitrogens with one attached hydrogen (secondary N) is 3. The van der Waals surface area contributed by atoms with Gasteiger partial charge in [0.15, 0.2) is 5.96 Å². The number of hydrogen-bond donors (Lipinski definition) is 3. The van der Waals surface area contributed by atoms with E-state index in [2.05, 4.69) is 37.2 Å². The van der Waals surface area contributed by atoms with Gasteiger partial charge in [-0.3, -0.25) is 9.98 Å². The fourth-order valence-corrected chi connectivity index (χ4v) is 3.97. The van der Waals surface area contributed by atoms with E-state index in [1.165, 1.54) is 38.2 Å². The lowest BCUT2D eigenvalue weighted by Crippen LogP contribution is -2.42. The number of pyridine rings is 1. The number of sulfonamides is 1. The highest BCUT2D eigenvalue weighted by Crippen LogP contribution is 2.15. The quantitative estimate of drug-likeness (QED) is 0.195. The van der Waals surface area contributed by atoms with Crippen molar-refractivity contribution >= 4 is 40.0 Å². The van der Waals surface area contributed by atoms with Gasteiger partial charge in [0.2, 0.25) is 10.0 Å². The molecule has 28 heavy (non-hydrogen) atoms. The number of guanidine groups is 1. The minimum Gasteiger partial charge on any atom is -0.356 e. The van der Waals surface area contributed by atoms with Crippen molar-refractivity contribution in [3.63, 3.8) is 0 Å². The fraction of sp³-hybridized carbons (Fsp3) is 0.667. The van der Waals surface area contributed by atoms with Crippen molar-refractivity contribution in [2.45, 2.75) is 31.1 Å². The molecule has 1 aromatic heterocycles. The lowest BCUT2D eigenvalue weighted by molar-refractivity contribution is 0.191. The number of likely N-dealkylation sites (tertiary alicyclic amines) is 1. The summed E-state index contributed by atoms with van der Waals surface area (Å²) in [6, 6.07) is 3.12. The molecule has 0 atom stereocenters. The normalized spacial score (nSPS) is 16.4. The molecule has 0 radical (unpaired) electrons. The molecular formula is C18H33IN6O2S. The summed E-state index contributed by atoms with van der Waals surface area (Å²) in [5.41, 5.74) is 0. The molecule has 2 rings (SSSR count). The molecule has 160 valence electrons. The first kappa shape index (κ1) is 25.1. The number of hydrogen-bond acceptors (Lipinski definition) is 5. The number of rotatable bonds is 9. The van der Waals surface area contributed by atoms with Crippen LogP contribution in [0.3, 0.4) is 0 Å². The van der Waals surface area contributed by atoms with E-state index in [9.17, 15) is 8.42 Å². The predicted molar refractivity (Wildman–Crippen MR) is 124 cm³/mol. The van der Waals surface area contributed by atoms with E-state index in [0.29, 0.717) is 12.5 Å². The van der Waals surface area contributed by atoms with Crippen molar-refractivity contribution in [2.24, 2.45) is 10.9 Å². The standard InChI is InChI=1S/C18H32N6O2S.HI/c1-16-6-13-24(14-7-16)12-4-9-21-18(19-2)22-10-11-23-27(25,26)17-5-3-8-20-15-17;/h3,5,8,15-16,23H,4,6-7,9-14H2,1-2H3,(H2,19,21,22);1H. The van der Waals surface area contributed by atoms with Crippen molar-refractivity contribution in [3.8, 4) is 0 Å². The second-order valence-corrected chi connectivity index (χ2v) is 8.66. The lowest BCUT2D eigenvalue weighted by atomic mass is 9.99. The molecule has 1 aliphatic heterocycles. The van der Waals surface area contributed by atoms with Crippen LogP contribution in [0.2, 0.25) is 0 Å². The minimum absolute atomic E-state index is 0. The number of nitrogens with zero attached hydrogens (tertiary/aromatic N) is 3. The molecule has 0 unspecified atom stereocenters. The van der Waals surface area contributed by atoms with Gasteiger partial charge in [0.25, 0.3) is 0 Å². The van der Waals surface area contributed by atoms with Gasteiger partial charge >= 0.3 is 0 Å². The minimum atomic E-state index is -3.52. The first-order chi connectivity index (χ1) is 13.0. The molecule has 8 nitrogen and oxygen atoms in total. The van der Waals surface area contributed by atoms with E-state index in [1.807, 2.05) is 0 Å². The maximum absolute atomic E-state index is 12.1. The summed E-state index contributed by atoms with van der Waals surface area (Å²) >= 11 is 0. The highest BCUT2D eigenvalue weighted by molar-refractivity contribution is 14.0. The molecule has 1 saturated heterocycles. The zero-order valence-corrected chi connectivity index (χ0v) is 19.9. The number of aliphatic imine (C=N–C) groups is 1. The maximum Gasteiger partial charge on any atom is 0.242 e. The van der Waals surface area contributed by atoms with Crippen molar-refractivity contribution < 1.29 is 8.42 Å². The van der Waals surface area contributed by atoms with Crippen LogP contribution in [0.15, 0.2) is 34.4 Å². The van der Waals surface area contributed by atoms with Gasteiger partial charge in [-0.05, 0) is 56.9 Å². The second kappa shape index (κ2) is 13.3. The van der Waals surface area contributed by atoms with Crippen molar-refractivity contribution in [2.75, 3.05) is 46.3 Å². The van der Waals surface area contributed by atoms with E-state index in [-0.39, 0.29) is 35.4 Å². The summed E-state index contributed by atoms with van der Waals surface area (Å²) in [5.74, 6) is 1.54. The third kappa shape index (κ3) is 9.01. The Morgan fingerprint density at radius 2 is 1.96 bits per heavy atom. The zero-order valence-electron chi connectivity index (χ0n) is 16.7. The third-order valence-electron chi connectivity index (χ3n) is 4.70. The van der Waals surface area contributed by atoms with E-state index in [4.69, 9.17) is 0 Å². The molecule has 1 aliphatic rings. The predicted octanol–water partition coefficient (Wildman–Crippen LogP) is 1.26. The van der Waals surface area contributed by atoms with E-state index < -0.39 is 10.0 Å². The number of halogens is 1. The van der Waals surface area contributed by atoms with Crippen LogP contribution in [-0.4, -0.2) is 70.6 Å². The van der Waals surface area contributed by atoms with Crippen LogP contribution < -0.4 is 15.4 Å². The monoisotopic (exact) mass is 524 g/mol. The average Bonchev–Trinajstić information content (AvgIpc) is 2.69. The molecule has 0 amide bonds. The van der Waals surface area contributed by atoms with Gasteiger partial charge in [-0.25, -0.2) is 13.1 Å². The van der Waals surface area contributed by atoms with Crippen LogP contribution in [0, 0.1) is 5.92 Å². The Balaban J connectivity index is 0.00000392. The number of piperidine rings is 1. The van der Waals surface area contributed by atoms with Crippen LogP contribution in [0.4, 0.5) is 0 Å². The van der Waals surface area contributed by atoms with Gasteiger partial charge in [-0.1, -0.05) is 6.92 Å². The van der Waals surface area contributed by atoms with Gasteiger partial charge in [-0.15, -0.1) is 24.0 Å². The smallest absolute Gasteiger partial charge is 0.242 e. The average molecular weight is 524 g/mol. The summed E-state index contributed by atoms with van der Waals surface area (Å²) in [4.78, 5) is 10.7. The highest BCUT2D eigenvalue weighted by Gasteiger charge is 2.15.